The van der Waals surface area contributed by atoms with Crippen LogP contribution in [0.25, 0.3) is 55.7 Å². The van der Waals surface area contributed by atoms with Gasteiger partial charge in [-0.15, -0.1) is 54.1 Å². The maximum absolute atomic E-state index is 8.44. The van der Waals surface area contributed by atoms with Crippen molar-refractivity contribution in [2.45, 2.75) is 59.8 Å². The minimum Gasteiger partial charge on any atom is -0.486 e. The van der Waals surface area contributed by atoms with Gasteiger partial charge in [-0.05, 0) is 54.9 Å². The van der Waals surface area contributed by atoms with Gasteiger partial charge in [0, 0.05) is 45.3 Å². The first-order valence-corrected chi connectivity index (χ1v) is 18.6. The number of hydrogen-bond donors (Lipinski definition) is 0. The van der Waals surface area contributed by atoms with Crippen LogP contribution in [0.4, 0.5) is 0 Å². The summed E-state index contributed by atoms with van der Waals surface area (Å²) in [7, 11) is -1.50. The van der Waals surface area contributed by atoms with E-state index in [-0.39, 0.29) is 20.1 Å². The normalized spacial score (nSPS) is 12.1. The van der Waals surface area contributed by atoms with E-state index in [1.165, 1.54) is 5.19 Å². The Bertz CT molecular complexity index is 2140. The summed E-state index contributed by atoms with van der Waals surface area (Å²) in [5, 5.41) is 3.35. The predicted molar refractivity (Wildman–Crippen MR) is 185 cm³/mol. The number of imidazole rings is 1. The average Bonchev–Trinajstić information content (AvgIpc) is 3.58. The SMILES string of the molecule is CCn1c(-c2[c-]ccc3c2oc2nc(C)ccc23)nc2ccccc21.[2H]C(C)(C)c1cc(-c2[c-]cccc2)ncc1[Si](C)(C)C.[Ir]. The van der Waals surface area contributed by atoms with E-state index in [9.17, 15) is 0 Å². The molecular formula is C38H38IrN4OSi-2. The van der Waals surface area contributed by atoms with Gasteiger partial charge in [0.05, 0.1) is 30.5 Å². The molecule has 0 amide bonds. The molecule has 0 saturated carbocycles. The van der Waals surface area contributed by atoms with Crippen molar-refractivity contribution in [1.29, 1.82) is 0 Å². The van der Waals surface area contributed by atoms with Gasteiger partial charge in [0.25, 0.3) is 0 Å². The van der Waals surface area contributed by atoms with Crippen LogP contribution >= 0.6 is 0 Å². The number of pyridine rings is 2. The molecule has 0 spiro atoms. The molecular weight excluding hydrogens is 749 g/mol. The van der Waals surface area contributed by atoms with Crippen LogP contribution in [0, 0.1) is 19.1 Å². The zero-order chi connectivity index (χ0) is 31.9. The number of aromatic nitrogens is 4. The maximum Gasteiger partial charge on any atom is 0.216 e. The maximum atomic E-state index is 8.44. The standard InChI is InChI=1S/C21H16N3O.C17H22NSi.Ir/c1-3-24-18-10-5-4-9-17(18)23-20(24)16-8-6-7-14-15-12-11-13(2)22-21(15)25-19(14)16;1-13(2)15-11-16(14-9-7-6-8-10-14)18-12-17(15)19(3,4)5;/h4-7,9-12H,3H2,1-2H3;6-9,11-13H,1-5H3;/q2*-1;/i;13D;. The van der Waals surface area contributed by atoms with Crippen molar-refractivity contribution >= 4 is 46.4 Å². The monoisotopic (exact) mass is 788 g/mol. The number of fused-ring (bicyclic) bond motifs is 4. The number of para-hydroxylation sites is 2. The number of benzene rings is 3. The first-order valence-electron chi connectivity index (χ1n) is 15.6. The molecule has 0 aliphatic rings. The van der Waals surface area contributed by atoms with Gasteiger partial charge in [-0.3, -0.25) is 4.98 Å². The Morgan fingerprint density at radius 1 is 0.933 bits per heavy atom. The molecule has 5 nitrogen and oxygen atoms in total. The Balaban J connectivity index is 0.000000182. The zero-order valence-electron chi connectivity index (χ0n) is 27.8. The van der Waals surface area contributed by atoms with Crippen LogP contribution in [0.1, 0.15) is 39.3 Å². The number of rotatable bonds is 5. The van der Waals surface area contributed by atoms with Gasteiger partial charge in [-0.2, -0.15) is 0 Å². The topological polar surface area (TPSA) is 56.7 Å². The average molecular weight is 788 g/mol. The van der Waals surface area contributed by atoms with Crippen molar-refractivity contribution in [2.24, 2.45) is 0 Å². The summed E-state index contributed by atoms with van der Waals surface area (Å²) in [5.74, 6) is 0.271. The zero-order valence-corrected chi connectivity index (χ0v) is 30.2. The van der Waals surface area contributed by atoms with Crippen molar-refractivity contribution in [3.8, 4) is 22.6 Å². The van der Waals surface area contributed by atoms with Crippen molar-refractivity contribution < 1.29 is 25.9 Å². The van der Waals surface area contributed by atoms with E-state index in [1.807, 2.05) is 87.6 Å². The smallest absolute Gasteiger partial charge is 0.216 e. The van der Waals surface area contributed by atoms with Crippen molar-refractivity contribution in [3.05, 3.63) is 108 Å². The van der Waals surface area contributed by atoms with Crippen LogP contribution in [0.2, 0.25) is 19.6 Å². The van der Waals surface area contributed by atoms with Crippen molar-refractivity contribution in [1.82, 2.24) is 19.5 Å². The van der Waals surface area contributed by atoms with Gasteiger partial charge >= 0.3 is 0 Å². The van der Waals surface area contributed by atoms with Gasteiger partial charge in [0.15, 0.2) is 0 Å². The molecule has 0 saturated heterocycles. The molecule has 4 aromatic heterocycles. The van der Waals surface area contributed by atoms with E-state index in [0.717, 1.165) is 67.8 Å². The van der Waals surface area contributed by atoms with Crippen LogP contribution in [-0.2, 0) is 26.7 Å². The third kappa shape index (κ3) is 6.43. The number of aryl methyl sites for hydroxylation is 2. The van der Waals surface area contributed by atoms with Crippen LogP contribution in [0.5, 0.6) is 0 Å². The van der Waals surface area contributed by atoms with E-state index < -0.39 is 14.0 Å². The molecule has 3 aromatic carbocycles. The quantitative estimate of drug-likeness (QED) is 0.129. The number of hydrogen-bond acceptors (Lipinski definition) is 4. The van der Waals surface area contributed by atoms with Crippen LogP contribution in [0.15, 0.2) is 89.5 Å². The summed E-state index contributed by atoms with van der Waals surface area (Å²) in [6.45, 7) is 15.7. The molecule has 0 unspecified atom stereocenters. The van der Waals surface area contributed by atoms with Gasteiger partial charge < -0.3 is 14.0 Å². The molecule has 0 fully saturated rings. The molecule has 0 aliphatic heterocycles. The number of nitrogens with zero attached hydrogens (tertiary/aromatic N) is 4. The summed E-state index contributed by atoms with van der Waals surface area (Å²) < 4.78 is 16.8. The Kier molecular flexibility index (Phi) is 9.13. The second-order valence-electron chi connectivity index (χ2n) is 12.3. The molecule has 0 aliphatic carbocycles. The minimum absolute atomic E-state index is 0. The van der Waals surface area contributed by atoms with E-state index in [4.69, 9.17) is 10.8 Å². The third-order valence-electron chi connectivity index (χ3n) is 7.87. The van der Waals surface area contributed by atoms with Crippen molar-refractivity contribution in [2.75, 3.05) is 0 Å². The van der Waals surface area contributed by atoms with E-state index in [0.29, 0.717) is 5.71 Å². The molecule has 4 heterocycles. The van der Waals surface area contributed by atoms with Gasteiger partial charge in [-0.25, -0.2) is 4.98 Å². The summed E-state index contributed by atoms with van der Waals surface area (Å²) >= 11 is 0. The van der Waals surface area contributed by atoms with Gasteiger partial charge in [-0.1, -0.05) is 68.2 Å². The molecule has 1 radical (unpaired) electrons. The number of furan rings is 1. The summed E-state index contributed by atoms with van der Waals surface area (Å²) in [5.41, 5.74) is 8.37. The molecule has 7 heteroatoms. The van der Waals surface area contributed by atoms with Gasteiger partial charge in [0.2, 0.25) is 5.71 Å². The Morgan fingerprint density at radius 2 is 1.71 bits per heavy atom. The molecule has 45 heavy (non-hydrogen) atoms. The predicted octanol–water partition coefficient (Wildman–Crippen LogP) is 9.34. The molecule has 0 N–H and O–H groups in total. The Labute approximate surface area is 281 Å². The first kappa shape index (κ1) is 31.1. The van der Waals surface area contributed by atoms with E-state index >= 15 is 0 Å². The Morgan fingerprint density at radius 3 is 2.42 bits per heavy atom. The van der Waals surface area contributed by atoms with E-state index in [1.54, 1.807) is 0 Å². The fourth-order valence-corrected chi connectivity index (χ4v) is 7.22. The second-order valence-corrected chi connectivity index (χ2v) is 17.4. The summed E-state index contributed by atoms with van der Waals surface area (Å²) in [4.78, 5) is 14.0. The molecule has 231 valence electrons. The van der Waals surface area contributed by atoms with Crippen LogP contribution in [0.3, 0.4) is 0 Å². The first-order chi connectivity index (χ1) is 21.5. The van der Waals surface area contributed by atoms with Crippen molar-refractivity contribution in [3.63, 3.8) is 0 Å². The molecule has 0 bridgehead atoms. The largest absolute Gasteiger partial charge is 0.486 e. The minimum atomic E-state index is -1.50. The van der Waals surface area contributed by atoms with Crippen LogP contribution in [-0.4, -0.2) is 27.6 Å². The van der Waals surface area contributed by atoms with E-state index in [2.05, 4.69) is 71.4 Å². The second kappa shape index (κ2) is 13.2. The fraction of sp³-hybridized carbons (Fsp3) is 0.237. The fourth-order valence-electron chi connectivity index (χ4n) is 5.63. The summed E-state index contributed by atoms with van der Waals surface area (Å²) in [6, 6.07) is 32.7. The third-order valence-corrected chi connectivity index (χ3v) is 9.88. The molecule has 7 rings (SSSR count). The molecule has 0 atom stereocenters. The van der Waals surface area contributed by atoms with Crippen LogP contribution < -0.4 is 5.19 Å². The Hall–Kier alpha value is -3.90. The summed E-state index contributed by atoms with van der Waals surface area (Å²) in [6.07, 6.45) is 1.98. The van der Waals surface area contributed by atoms with Gasteiger partial charge in [0.1, 0.15) is 0 Å². The molecule has 7 aromatic rings.